The van der Waals surface area contributed by atoms with Crippen molar-refractivity contribution in [1.29, 1.82) is 0 Å². The lowest BCUT2D eigenvalue weighted by atomic mass is 9.95. The lowest BCUT2D eigenvalue weighted by Crippen LogP contribution is -2.27. The highest BCUT2D eigenvalue weighted by atomic mass is 16.5. The number of hydrogen-bond donors (Lipinski definition) is 1. The molecule has 2 N–H and O–H groups in total. The van der Waals surface area contributed by atoms with Crippen molar-refractivity contribution in [2.45, 2.75) is 52.2 Å². The molecule has 2 unspecified atom stereocenters. The quantitative estimate of drug-likeness (QED) is 0.899. The van der Waals surface area contributed by atoms with Crippen LogP contribution in [0.3, 0.4) is 0 Å². The van der Waals surface area contributed by atoms with Gasteiger partial charge in [-0.3, -0.25) is 0 Å². The van der Waals surface area contributed by atoms with Crippen molar-refractivity contribution < 1.29 is 9.47 Å². The first-order valence-corrected chi connectivity index (χ1v) is 7.60. The van der Waals surface area contributed by atoms with Crippen LogP contribution in [0.1, 0.15) is 47.6 Å². The molecule has 0 bridgehead atoms. The molecule has 1 fully saturated rings. The Labute approximate surface area is 122 Å². The molecule has 3 nitrogen and oxygen atoms in total. The minimum atomic E-state index is -0.0563. The Hall–Kier alpha value is -0.900. The van der Waals surface area contributed by atoms with Crippen LogP contribution in [0, 0.1) is 20.8 Å². The van der Waals surface area contributed by atoms with E-state index in [2.05, 4.69) is 32.9 Å². The Bertz CT molecular complexity index is 416. The summed E-state index contributed by atoms with van der Waals surface area (Å²) in [5.41, 5.74) is 11.3. The van der Waals surface area contributed by atoms with Gasteiger partial charge in [0, 0.05) is 6.61 Å². The van der Waals surface area contributed by atoms with E-state index < -0.39 is 0 Å². The summed E-state index contributed by atoms with van der Waals surface area (Å²) < 4.78 is 11.4. The molecule has 0 radical (unpaired) electrons. The zero-order valence-electron chi connectivity index (χ0n) is 12.9. The van der Waals surface area contributed by atoms with Gasteiger partial charge in [-0.1, -0.05) is 17.7 Å². The average molecular weight is 277 g/mol. The molecule has 0 amide bonds. The van der Waals surface area contributed by atoms with Gasteiger partial charge in [-0.15, -0.1) is 0 Å². The largest absolute Gasteiger partial charge is 0.377 e. The number of aryl methyl sites for hydroxylation is 3. The van der Waals surface area contributed by atoms with Crippen molar-refractivity contribution in [3.05, 3.63) is 34.4 Å². The molecule has 1 aliphatic rings. The fourth-order valence-electron chi connectivity index (χ4n) is 3.12. The standard InChI is InChI=1S/C17H27NO2/c1-12-8-13(2)17(14(3)9-12)16(18)11-19-10-15-6-4-5-7-20-15/h8-9,15-16H,4-7,10-11,18H2,1-3H3. The highest BCUT2D eigenvalue weighted by molar-refractivity contribution is 5.39. The van der Waals surface area contributed by atoms with Crippen LogP contribution >= 0.6 is 0 Å². The highest BCUT2D eigenvalue weighted by Crippen LogP contribution is 2.22. The van der Waals surface area contributed by atoms with Crippen LogP contribution in [0.2, 0.25) is 0 Å². The molecule has 1 saturated heterocycles. The van der Waals surface area contributed by atoms with E-state index in [-0.39, 0.29) is 12.1 Å². The molecule has 0 spiro atoms. The summed E-state index contributed by atoms with van der Waals surface area (Å²) in [5.74, 6) is 0. The fourth-order valence-corrected chi connectivity index (χ4v) is 3.12. The van der Waals surface area contributed by atoms with Crippen LogP contribution < -0.4 is 5.73 Å². The molecule has 2 atom stereocenters. The van der Waals surface area contributed by atoms with Crippen molar-refractivity contribution in [2.24, 2.45) is 5.73 Å². The van der Waals surface area contributed by atoms with Crippen LogP contribution in [0.4, 0.5) is 0 Å². The third-order valence-electron chi connectivity index (χ3n) is 3.98. The lowest BCUT2D eigenvalue weighted by molar-refractivity contribution is -0.0428. The molecular weight excluding hydrogens is 250 g/mol. The van der Waals surface area contributed by atoms with E-state index in [1.165, 1.54) is 35.1 Å². The van der Waals surface area contributed by atoms with E-state index in [1.807, 2.05) is 0 Å². The summed E-state index contributed by atoms with van der Waals surface area (Å²) in [5, 5.41) is 0. The predicted molar refractivity (Wildman–Crippen MR) is 82.0 cm³/mol. The first kappa shape index (κ1) is 15.5. The summed E-state index contributed by atoms with van der Waals surface area (Å²) in [4.78, 5) is 0. The van der Waals surface area contributed by atoms with E-state index in [1.54, 1.807) is 0 Å². The van der Waals surface area contributed by atoms with Crippen LogP contribution in [-0.4, -0.2) is 25.9 Å². The second-order valence-electron chi connectivity index (χ2n) is 5.94. The maximum atomic E-state index is 6.30. The Morgan fingerprint density at radius 2 is 1.95 bits per heavy atom. The molecule has 1 aromatic rings. The van der Waals surface area contributed by atoms with Gasteiger partial charge in [-0.05, 0) is 56.7 Å². The molecule has 112 valence electrons. The van der Waals surface area contributed by atoms with Crippen molar-refractivity contribution in [3.63, 3.8) is 0 Å². The van der Waals surface area contributed by atoms with Gasteiger partial charge in [-0.2, -0.15) is 0 Å². The van der Waals surface area contributed by atoms with Crippen LogP contribution in [0.5, 0.6) is 0 Å². The Kier molecular flexibility index (Phi) is 5.58. The lowest BCUT2D eigenvalue weighted by Gasteiger charge is -2.24. The third-order valence-corrected chi connectivity index (χ3v) is 3.98. The summed E-state index contributed by atoms with van der Waals surface area (Å²) in [6, 6.07) is 4.32. The monoisotopic (exact) mass is 277 g/mol. The highest BCUT2D eigenvalue weighted by Gasteiger charge is 2.16. The van der Waals surface area contributed by atoms with Crippen LogP contribution in [-0.2, 0) is 9.47 Å². The maximum absolute atomic E-state index is 6.30. The number of ether oxygens (including phenoxy) is 2. The summed E-state index contributed by atoms with van der Waals surface area (Å²) in [6.45, 7) is 8.46. The van der Waals surface area contributed by atoms with E-state index in [4.69, 9.17) is 15.2 Å². The second-order valence-corrected chi connectivity index (χ2v) is 5.94. The predicted octanol–water partition coefficient (Wildman–Crippen LogP) is 3.20. The molecule has 2 rings (SSSR count). The second kappa shape index (κ2) is 7.21. The molecule has 1 heterocycles. The van der Waals surface area contributed by atoms with Gasteiger partial charge >= 0.3 is 0 Å². The Morgan fingerprint density at radius 3 is 2.55 bits per heavy atom. The third kappa shape index (κ3) is 4.05. The SMILES string of the molecule is Cc1cc(C)c(C(N)COCC2CCCCO2)c(C)c1. The number of benzene rings is 1. The molecule has 20 heavy (non-hydrogen) atoms. The number of hydrogen-bond acceptors (Lipinski definition) is 3. The van der Waals surface area contributed by atoms with Gasteiger partial charge in [0.15, 0.2) is 0 Å². The van der Waals surface area contributed by atoms with Crippen LogP contribution in [0.15, 0.2) is 12.1 Å². The maximum Gasteiger partial charge on any atom is 0.0808 e. The number of nitrogens with two attached hydrogens (primary N) is 1. The van der Waals surface area contributed by atoms with Crippen molar-refractivity contribution in [1.82, 2.24) is 0 Å². The Balaban J connectivity index is 1.86. The number of rotatable bonds is 5. The molecular formula is C17H27NO2. The van der Waals surface area contributed by atoms with Gasteiger partial charge in [0.1, 0.15) is 0 Å². The van der Waals surface area contributed by atoms with Gasteiger partial charge in [-0.25, -0.2) is 0 Å². The summed E-state index contributed by atoms with van der Waals surface area (Å²) in [6.07, 6.45) is 3.79. The minimum Gasteiger partial charge on any atom is -0.377 e. The van der Waals surface area contributed by atoms with Gasteiger partial charge in [0.25, 0.3) is 0 Å². The Morgan fingerprint density at radius 1 is 1.25 bits per heavy atom. The molecule has 1 aromatic carbocycles. The van der Waals surface area contributed by atoms with E-state index in [0.717, 1.165) is 13.0 Å². The molecule has 0 aromatic heterocycles. The van der Waals surface area contributed by atoms with Crippen molar-refractivity contribution in [3.8, 4) is 0 Å². The van der Waals surface area contributed by atoms with Gasteiger partial charge in [0.05, 0.1) is 25.4 Å². The zero-order chi connectivity index (χ0) is 14.5. The first-order chi connectivity index (χ1) is 9.58. The summed E-state index contributed by atoms with van der Waals surface area (Å²) >= 11 is 0. The van der Waals surface area contributed by atoms with Crippen molar-refractivity contribution >= 4 is 0 Å². The smallest absolute Gasteiger partial charge is 0.0808 e. The van der Waals surface area contributed by atoms with Gasteiger partial charge in [0.2, 0.25) is 0 Å². The molecule has 3 heteroatoms. The average Bonchev–Trinajstić information content (AvgIpc) is 2.38. The van der Waals surface area contributed by atoms with E-state index in [0.29, 0.717) is 13.2 Å². The zero-order valence-corrected chi connectivity index (χ0v) is 12.9. The molecule has 1 aliphatic heterocycles. The van der Waals surface area contributed by atoms with Gasteiger partial charge < -0.3 is 15.2 Å². The summed E-state index contributed by atoms with van der Waals surface area (Å²) in [7, 11) is 0. The fraction of sp³-hybridized carbons (Fsp3) is 0.647. The van der Waals surface area contributed by atoms with Crippen molar-refractivity contribution in [2.75, 3.05) is 19.8 Å². The first-order valence-electron chi connectivity index (χ1n) is 7.60. The topological polar surface area (TPSA) is 44.5 Å². The van der Waals surface area contributed by atoms with E-state index in [9.17, 15) is 0 Å². The molecule has 0 aliphatic carbocycles. The molecule has 0 saturated carbocycles. The van der Waals surface area contributed by atoms with Crippen LogP contribution in [0.25, 0.3) is 0 Å². The van der Waals surface area contributed by atoms with E-state index >= 15 is 0 Å². The minimum absolute atomic E-state index is 0.0563. The normalized spacial score (nSPS) is 20.9.